The summed E-state index contributed by atoms with van der Waals surface area (Å²) in [6.45, 7) is 4.10. The molecular formula is C23H22N4O4S. The molecule has 0 saturated carbocycles. The van der Waals surface area contributed by atoms with E-state index in [2.05, 4.69) is 4.98 Å². The van der Waals surface area contributed by atoms with Crippen molar-refractivity contribution in [2.24, 2.45) is 0 Å². The maximum absolute atomic E-state index is 13.4. The Balaban J connectivity index is 1.78. The molecule has 5 rings (SSSR count). The van der Waals surface area contributed by atoms with Crippen LogP contribution >= 0.6 is 11.8 Å². The van der Waals surface area contributed by atoms with Crippen LogP contribution in [-0.2, 0) is 4.79 Å². The largest absolute Gasteiger partial charge is 0.854 e. The smallest absolute Gasteiger partial charge is 0.293 e. The number of aromatic nitrogens is 3. The lowest BCUT2D eigenvalue weighted by Crippen LogP contribution is -2.59. The topological polar surface area (TPSA) is 91.5 Å². The molecule has 0 bridgehead atoms. The van der Waals surface area contributed by atoms with E-state index in [0.29, 0.717) is 46.4 Å². The summed E-state index contributed by atoms with van der Waals surface area (Å²) in [5.41, 5.74) is 2.45. The lowest BCUT2D eigenvalue weighted by molar-refractivity contribution is -0.764. The van der Waals surface area contributed by atoms with E-state index in [4.69, 9.17) is 14.6 Å². The molecule has 1 amide bonds. The van der Waals surface area contributed by atoms with Gasteiger partial charge in [-0.15, -0.1) is 0 Å². The average molecular weight is 451 g/mol. The van der Waals surface area contributed by atoms with Gasteiger partial charge in [0.1, 0.15) is 0 Å². The number of rotatable bonds is 5. The van der Waals surface area contributed by atoms with Crippen LogP contribution < -0.4 is 24.2 Å². The number of nitrogens with zero attached hydrogens (tertiary/aromatic N) is 4. The Kier molecular flexibility index (Phi) is 5.34. The van der Waals surface area contributed by atoms with Crippen molar-refractivity contribution in [3.63, 3.8) is 0 Å². The van der Waals surface area contributed by atoms with Gasteiger partial charge in [0, 0.05) is 17.1 Å². The second-order valence-electron chi connectivity index (χ2n) is 7.44. The van der Waals surface area contributed by atoms with Gasteiger partial charge in [0.15, 0.2) is 11.5 Å². The molecule has 1 unspecified atom stereocenters. The quantitative estimate of drug-likeness (QED) is 0.436. The standard InChI is InChI=1S/C23H22N4O4S/c1-3-7-19(28)26-16-9-6-5-8-15(16)20-21(29)24-23(32-4-2)25-27(20)22(26)14-10-11-17-18(12-14)31-13-30-17/h5-6,8-12,22H,3-4,7,13H2,1-2H3. The maximum Gasteiger partial charge on any atom is 0.293 e. The molecule has 0 N–H and O–H groups in total. The van der Waals surface area contributed by atoms with Crippen LogP contribution in [0.25, 0.3) is 11.3 Å². The second-order valence-corrected chi connectivity index (χ2v) is 8.67. The van der Waals surface area contributed by atoms with Crippen LogP contribution in [0.4, 0.5) is 5.69 Å². The molecule has 3 aromatic rings. The van der Waals surface area contributed by atoms with Crippen LogP contribution in [0.5, 0.6) is 17.4 Å². The molecule has 0 fully saturated rings. The molecule has 32 heavy (non-hydrogen) atoms. The van der Waals surface area contributed by atoms with E-state index >= 15 is 0 Å². The first-order valence-corrected chi connectivity index (χ1v) is 11.6. The predicted octanol–water partition coefficient (Wildman–Crippen LogP) is 3.04. The van der Waals surface area contributed by atoms with Gasteiger partial charge in [-0.3, -0.25) is 4.79 Å². The minimum absolute atomic E-state index is 0.0449. The third-order valence-corrected chi connectivity index (χ3v) is 6.14. The molecular weight excluding hydrogens is 428 g/mol. The maximum atomic E-state index is 13.4. The van der Waals surface area contributed by atoms with E-state index in [1.165, 1.54) is 11.8 Å². The Morgan fingerprint density at radius 2 is 2.03 bits per heavy atom. The van der Waals surface area contributed by atoms with Crippen molar-refractivity contribution in [2.45, 2.75) is 38.0 Å². The van der Waals surface area contributed by atoms with Crippen LogP contribution in [0.3, 0.4) is 0 Å². The first kappa shape index (κ1) is 20.6. The normalized spacial score (nSPS) is 15.9. The Morgan fingerprint density at radius 1 is 1.22 bits per heavy atom. The first-order chi connectivity index (χ1) is 15.6. The van der Waals surface area contributed by atoms with Gasteiger partial charge in [0.05, 0.1) is 17.1 Å². The number of thioether (sulfide) groups is 1. The SMILES string of the molecule is CCCC(=O)N1c2ccccc2-c2c([O-])nc(SCC)n[n+]2C1c1ccc2c(c1)OCO2. The van der Waals surface area contributed by atoms with Gasteiger partial charge in [0.25, 0.3) is 17.0 Å². The van der Waals surface area contributed by atoms with Crippen molar-refractivity contribution in [1.29, 1.82) is 0 Å². The number of ether oxygens (including phenoxy) is 2. The van der Waals surface area contributed by atoms with E-state index < -0.39 is 6.17 Å². The van der Waals surface area contributed by atoms with Gasteiger partial charge in [-0.2, -0.15) is 0 Å². The lowest BCUT2D eigenvalue weighted by atomic mass is 10.0. The van der Waals surface area contributed by atoms with Gasteiger partial charge in [-0.05, 0) is 42.5 Å². The van der Waals surface area contributed by atoms with Crippen LogP contribution in [-0.4, -0.2) is 28.5 Å². The van der Waals surface area contributed by atoms with Crippen LogP contribution in [0, 0.1) is 0 Å². The van der Waals surface area contributed by atoms with Gasteiger partial charge in [-0.1, -0.05) is 42.4 Å². The fourth-order valence-corrected chi connectivity index (χ4v) is 4.65. The molecule has 0 saturated heterocycles. The molecule has 1 aromatic heterocycles. The molecule has 164 valence electrons. The van der Waals surface area contributed by atoms with Crippen molar-refractivity contribution >= 4 is 23.4 Å². The zero-order valence-corrected chi connectivity index (χ0v) is 18.6. The minimum atomic E-state index is -0.652. The molecule has 9 heteroatoms. The Hall–Kier alpha value is -3.33. The summed E-state index contributed by atoms with van der Waals surface area (Å²) in [6.07, 6.45) is 0.424. The second kappa shape index (κ2) is 8.31. The summed E-state index contributed by atoms with van der Waals surface area (Å²) in [4.78, 5) is 19.3. The van der Waals surface area contributed by atoms with E-state index in [1.54, 1.807) is 9.58 Å². The fraction of sp³-hybridized carbons (Fsp3) is 0.304. The fourth-order valence-electron chi connectivity index (χ4n) is 4.10. The van der Waals surface area contributed by atoms with Gasteiger partial charge >= 0.3 is 0 Å². The summed E-state index contributed by atoms with van der Waals surface area (Å²) < 4.78 is 12.7. The van der Waals surface area contributed by atoms with E-state index in [1.807, 2.05) is 56.3 Å². The summed E-state index contributed by atoms with van der Waals surface area (Å²) in [5, 5.41) is 18.2. The zero-order valence-electron chi connectivity index (χ0n) is 17.8. The highest BCUT2D eigenvalue weighted by Gasteiger charge is 2.45. The van der Waals surface area contributed by atoms with E-state index in [9.17, 15) is 9.90 Å². The first-order valence-electron chi connectivity index (χ1n) is 10.6. The van der Waals surface area contributed by atoms with Gasteiger partial charge < -0.3 is 14.6 Å². The number of hydrogen-bond acceptors (Lipinski definition) is 7. The molecule has 0 radical (unpaired) electrons. The third kappa shape index (κ3) is 3.33. The molecule has 8 nitrogen and oxygen atoms in total. The molecule has 0 aliphatic carbocycles. The van der Waals surface area contributed by atoms with Crippen LogP contribution in [0.15, 0.2) is 47.6 Å². The Morgan fingerprint density at radius 3 is 2.84 bits per heavy atom. The van der Waals surface area contributed by atoms with Crippen LogP contribution in [0.2, 0.25) is 0 Å². The van der Waals surface area contributed by atoms with Crippen molar-refractivity contribution < 1.29 is 24.1 Å². The molecule has 1 atom stereocenters. The number of hydrogen-bond donors (Lipinski definition) is 0. The molecule has 2 aliphatic rings. The Labute approximate surface area is 189 Å². The number of para-hydroxylation sites is 1. The third-order valence-electron chi connectivity index (χ3n) is 5.42. The highest BCUT2D eigenvalue weighted by molar-refractivity contribution is 7.99. The molecule has 2 aromatic carbocycles. The number of carbonyl (C=O) groups excluding carboxylic acids is 1. The average Bonchev–Trinajstić information content (AvgIpc) is 3.26. The predicted molar refractivity (Wildman–Crippen MR) is 117 cm³/mol. The Bertz CT molecular complexity index is 1200. The number of benzene rings is 2. The number of anilines is 1. The van der Waals surface area contributed by atoms with E-state index in [0.717, 1.165) is 11.3 Å². The number of carbonyl (C=O) groups is 1. The van der Waals surface area contributed by atoms with Gasteiger partial charge in [0.2, 0.25) is 12.7 Å². The summed E-state index contributed by atoms with van der Waals surface area (Å²) in [5.74, 6) is 1.57. The summed E-state index contributed by atoms with van der Waals surface area (Å²) >= 11 is 1.39. The summed E-state index contributed by atoms with van der Waals surface area (Å²) in [7, 11) is 0. The highest BCUT2D eigenvalue weighted by Crippen LogP contribution is 2.43. The summed E-state index contributed by atoms with van der Waals surface area (Å²) in [6, 6.07) is 13.0. The highest BCUT2D eigenvalue weighted by atomic mass is 32.2. The van der Waals surface area contributed by atoms with Crippen molar-refractivity contribution in [2.75, 3.05) is 17.4 Å². The van der Waals surface area contributed by atoms with Gasteiger partial charge in [-0.25, -0.2) is 9.88 Å². The monoisotopic (exact) mass is 450 g/mol. The number of fused-ring (bicyclic) bond motifs is 4. The minimum Gasteiger partial charge on any atom is -0.854 e. The zero-order chi connectivity index (χ0) is 22.2. The van der Waals surface area contributed by atoms with Crippen molar-refractivity contribution in [1.82, 2.24) is 10.1 Å². The van der Waals surface area contributed by atoms with Crippen molar-refractivity contribution in [3.05, 3.63) is 48.0 Å². The lowest BCUT2D eigenvalue weighted by Gasteiger charge is -2.33. The number of amides is 1. The molecule has 3 heterocycles. The molecule has 2 aliphatic heterocycles. The van der Waals surface area contributed by atoms with E-state index in [-0.39, 0.29) is 18.6 Å². The van der Waals surface area contributed by atoms with Crippen molar-refractivity contribution in [3.8, 4) is 28.6 Å². The van der Waals surface area contributed by atoms with Crippen LogP contribution in [0.1, 0.15) is 38.4 Å². The molecule has 0 spiro atoms.